The van der Waals surface area contributed by atoms with Crippen LogP contribution in [0.15, 0.2) is 0 Å². The summed E-state index contributed by atoms with van der Waals surface area (Å²) in [6.45, 7) is 7.67. The molecule has 1 atom stereocenters. The van der Waals surface area contributed by atoms with Crippen molar-refractivity contribution in [1.29, 1.82) is 0 Å². The molecule has 0 saturated carbocycles. The van der Waals surface area contributed by atoms with E-state index in [0.29, 0.717) is 0 Å². The third kappa shape index (κ3) is 7.31. The Morgan fingerprint density at radius 2 is 2.08 bits per heavy atom. The number of alkyl halides is 1. The van der Waals surface area contributed by atoms with Crippen molar-refractivity contribution in [2.45, 2.75) is 30.6 Å². The largest absolute Gasteiger partial charge is 0.395 e. The summed E-state index contributed by atoms with van der Waals surface area (Å²) in [5.41, 5.74) is 0. The van der Waals surface area contributed by atoms with E-state index >= 15 is 0 Å². The lowest BCUT2D eigenvalue weighted by Gasteiger charge is -2.18. The van der Waals surface area contributed by atoms with Gasteiger partial charge in [-0.1, -0.05) is 36.4 Å². The summed E-state index contributed by atoms with van der Waals surface area (Å²) in [6, 6.07) is 0. The van der Waals surface area contributed by atoms with Crippen LogP contribution < -0.4 is 0 Å². The minimum absolute atomic E-state index is 0.285. The van der Waals surface area contributed by atoms with Crippen molar-refractivity contribution in [2.24, 2.45) is 0 Å². The second-order valence-electron chi connectivity index (χ2n) is 3.08. The molecule has 3 heteroatoms. The van der Waals surface area contributed by atoms with Crippen LogP contribution in [-0.4, -0.2) is 40.2 Å². The molecule has 74 valence electrons. The zero-order valence-corrected chi connectivity index (χ0v) is 10.2. The van der Waals surface area contributed by atoms with Gasteiger partial charge in [-0.15, -0.1) is 0 Å². The number of aliphatic hydroxyl groups is 1. The Hall–Kier alpha value is 0.650. The standard InChI is InChI=1S/C9H20INO/c1-3-11(7-8-12)6-4-5-9(2)10/h9,12H,3-8H2,1-2H3. The molecule has 1 N–H and O–H groups in total. The van der Waals surface area contributed by atoms with Crippen molar-refractivity contribution in [2.75, 3.05) is 26.2 Å². The average Bonchev–Trinajstić information content (AvgIpc) is 2.02. The first-order valence-corrected chi connectivity index (χ1v) is 5.92. The van der Waals surface area contributed by atoms with E-state index in [4.69, 9.17) is 5.11 Å². The molecule has 0 rings (SSSR count). The molecule has 0 aliphatic rings. The van der Waals surface area contributed by atoms with Crippen molar-refractivity contribution < 1.29 is 5.11 Å². The summed E-state index contributed by atoms with van der Waals surface area (Å²) in [5, 5.41) is 8.73. The second-order valence-corrected chi connectivity index (χ2v) is 5.21. The van der Waals surface area contributed by atoms with Gasteiger partial charge in [-0.25, -0.2) is 0 Å². The van der Waals surface area contributed by atoms with Gasteiger partial charge in [0.2, 0.25) is 0 Å². The van der Waals surface area contributed by atoms with Gasteiger partial charge >= 0.3 is 0 Å². The number of likely N-dealkylation sites (N-methyl/N-ethyl adjacent to an activating group) is 1. The summed E-state index contributed by atoms with van der Waals surface area (Å²) < 4.78 is 0.774. The fraction of sp³-hybridized carbons (Fsp3) is 1.00. The van der Waals surface area contributed by atoms with Gasteiger partial charge in [0.05, 0.1) is 6.61 Å². The maximum atomic E-state index is 8.73. The molecule has 0 radical (unpaired) electrons. The zero-order valence-electron chi connectivity index (χ0n) is 8.09. The average molecular weight is 285 g/mol. The number of hydrogen-bond acceptors (Lipinski definition) is 2. The molecule has 0 aromatic heterocycles. The summed E-state index contributed by atoms with van der Waals surface area (Å²) in [7, 11) is 0. The van der Waals surface area contributed by atoms with E-state index in [1.54, 1.807) is 0 Å². The molecule has 0 aromatic carbocycles. The van der Waals surface area contributed by atoms with Crippen LogP contribution in [0.3, 0.4) is 0 Å². The fourth-order valence-corrected chi connectivity index (χ4v) is 1.61. The van der Waals surface area contributed by atoms with Gasteiger partial charge in [-0.3, -0.25) is 0 Å². The van der Waals surface area contributed by atoms with Crippen molar-refractivity contribution in [3.63, 3.8) is 0 Å². The Balaban J connectivity index is 3.31. The molecule has 0 saturated heterocycles. The number of rotatable bonds is 7. The van der Waals surface area contributed by atoms with Gasteiger partial charge in [-0.2, -0.15) is 0 Å². The van der Waals surface area contributed by atoms with E-state index in [9.17, 15) is 0 Å². The molecule has 0 spiro atoms. The van der Waals surface area contributed by atoms with Crippen molar-refractivity contribution in [3.05, 3.63) is 0 Å². The van der Waals surface area contributed by atoms with Crippen molar-refractivity contribution in [1.82, 2.24) is 4.90 Å². The van der Waals surface area contributed by atoms with Crippen LogP contribution in [0, 0.1) is 0 Å². The highest BCUT2D eigenvalue weighted by Gasteiger charge is 2.01. The highest BCUT2D eigenvalue weighted by Crippen LogP contribution is 2.07. The predicted octanol–water partition coefficient (Wildman–Crippen LogP) is 1.90. The van der Waals surface area contributed by atoms with Crippen molar-refractivity contribution >= 4 is 22.6 Å². The van der Waals surface area contributed by atoms with Crippen LogP contribution in [0.5, 0.6) is 0 Å². The molecule has 0 fully saturated rings. The molecule has 12 heavy (non-hydrogen) atoms. The predicted molar refractivity (Wildman–Crippen MR) is 61.9 cm³/mol. The highest BCUT2D eigenvalue weighted by atomic mass is 127. The molecule has 2 nitrogen and oxygen atoms in total. The Bertz CT molecular complexity index is 98.5. The first-order chi connectivity index (χ1) is 5.70. The summed E-state index contributed by atoms with van der Waals surface area (Å²) >= 11 is 2.45. The van der Waals surface area contributed by atoms with Crippen LogP contribution in [0.1, 0.15) is 26.7 Å². The number of aliphatic hydroxyl groups excluding tert-OH is 1. The van der Waals surface area contributed by atoms with E-state index in [1.807, 2.05) is 0 Å². The van der Waals surface area contributed by atoms with Gasteiger partial charge in [0.25, 0.3) is 0 Å². The van der Waals surface area contributed by atoms with Gasteiger partial charge in [0.15, 0.2) is 0 Å². The van der Waals surface area contributed by atoms with Gasteiger partial charge in [0.1, 0.15) is 0 Å². The molecule has 0 heterocycles. The van der Waals surface area contributed by atoms with Crippen LogP contribution >= 0.6 is 22.6 Å². The van der Waals surface area contributed by atoms with Crippen LogP contribution in [0.25, 0.3) is 0 Å². The molecular weight excluding hydrogens is 265 g/mol. The first kappa shape index (κ1) is 12.7. The summed E-state index contributed by atoms with van der Waals surface area (Å²) in [4.78, 5) is 2.29. The van der Waals surface area contributed by atoms with E-state index in [0.717, 1.165) is 23.6 Å². The molecule has 1 unspecified atom stereocenters. The topological polar surface area (TPSA) is 23.5 Å². The molecule has 0 aliphatic carbocycles. The quantitative estimate of drug-likeness (QED) is 0.570. The van der Waals surface area contributed by atoms with Crippen LogP contribution in [0.4, 0.5) is 0 Å². The van der Waals surface area contributed by atoms with Crippen LogP contribution in [-0.2, 0) is 0 Å². The number of hydrogen-bond donors (Lipinski definition) is 1. The Morgan fingerprint density at radius 1 is 1.42 bits per heavy atom. The fourth-order valence-electron chi connectivity index (χ4n) is 1.17. The van der Waals surface area contributed by atoms with E-state index in [-0.39, 0.29) is 6.61 Å². The van der Waals surface area contributed by atoms with Gasteiger partial charge in [0, 0.05) is 10.5 Å². The third-order valence-electron chi connectivity index (χ3n) is 1.94. The van der Waals surface area contributed by atoms with Crippen molar-refractivity contribution in [3.8, 4) is 0 Å². The maximum absolute atomic E-state index is 8.73. The van der Waals surface area contributed by atoms with Gasteiger partial charge in [-0.05, 0) is 25.9 Å². The molecular formula is C9H20INO. The van der Waals surface area contributed by atoms with E-state index in [1.165, 1.54) is 12.8 Å². The molecule has 0 bridgehead atoms. The minimum Gasteiger partial charge on any atom is -0.395 e. The minimum atomic E-state index is 0.285. The normalized spacial score (nSPS) is 13.8. The molecule has 0 amide bonds. The Morgan fingerprint density at radius 3 is 2.50 bits per heavy atom. The first-order valence-electron chi connectivity index (χ1n) is 4.68. The van der Waals surface area contributed by atoms with E-state index < -0.39 is 0 Å². The Labute approximate surface area is 89.5 Å². The SMILES string of the molecule is CCN(CCO)CCCC(C)I. The smallest absolute Gasteiger partial charge is 0.0558 e. The monoisotopic (exact) mass is 285 g/mol. The zero-order chi connectivity index (χ0) is 9.40. The lowest BCUT2D eigenvalue weighted by Crippen LogP contribution is -2.27. The highest BCUT2D eigenvalue weighted by molar-refractivity contribution is 14.1. The van der Waals surface area contributed by atoms with E-state index in [2.05, 4.69) is 41.3 Å². The number of nitrogens with zero attached hydrogens (tertiary/aromatic N) is 1. The summed E-state index contributed by atoms with van der Waals surface area (Å²) in [5.74, 6) is 0. The maximum Gasteiger partial charge on any atom is 0.0558 e. The lowest BCUT2D eigenvalue weighted by molar-refractivity contribution is 0.200. The molecule has 0 aliphatic heterocycles. The number of halogens is 1. The molecule has 0 aromatic rings. The lowest BCUT2D eigenvalue weighted by atomic mass is 10.2. The van der Waals surface area contributed by atoms with Gasteiger partial charge < -0.3 is 10.0 Å². The third-order valence-corrected chi connectivity index (χ3v) is 2.56. The van der Waals surface area contributed by atoms with Crippen LogP contribution in [0.2, 0.25) is 0 Å². The summed E-state index contributed by atoms with van der Waals surface area (Å²) in [6.07, 6.45) is 2.53. The second kappa shape index (κ2) is 8.26. The Kier molecular flexibility index (Phi) is 8.70.